The van der Waals surface area contributed by atoms with E-state index in [1.165, 1.54) is 24.3 Å². The van der Waals surface area contributed by atoms with Gasteiger partial charge in [-0.1, -0.05) is 59.6 Å². The molecule has 44 heavy (non-hydrogen) atoms. The molecular formula is C34H20Cl2F2N6. The van der Waals surface area contributed by atoms with Crippen LogP contribution in [0.5, 0.6) is 0 Å². The third kappa shape index (κ3) is 5.37. The summed E-state index contributed by atoms with van der Waals surface area (Å²) in [6.07, 6.45) is 3.16. The Morgan fingerprint density at radius 2 is 0.932 bits per heavy atom. The maximum absolute atomic E-state index is 14.9. The zero-order valence-corrected chi connectivity index (χ0v) is 24.2. The van der Waals surface area contributed by atoms with Gasteiger partial charge < -0.3 is 10.6 Å². The molecule has 214 valence electrons. The molecule has 3 heterocycles. The number of benzene rings is 4. The third-order valence-corrected chi connectivity index (χ3v) is 7.58. The minimum atomic E-state index is -0.437. The van der Waals surface area contributed by atoms with Gasteiger partial charge in [-0.05, 0) is 60.7 Å². The van der Waals surface area contributed by atoms with Crippen molar-refractivity contribution in [1.82, 2.24) is 20.2 Å². The summed E-state index contributed by atoms with van der Waals surface area (Å²) in [5.74, 6) is -0.875. The number of nitrogens with one attached hydrogen (secondary N) is 2. The largest absolute Gasteiger partial charge is 0.352 e. The lowest BCUT2D eigenvalue weighted by Gasteiger charge is -2.17. The first-order valence-electron chi connectivity index (χ1n) is 13.5. The molecule has 10 heteroatoms. The summed E-state index contributed by atoms with van der Waals surface area (Å²) < 4.78 is 29.7. The lowest BCUT2D eigenvalue weighted by Crippen LogP contribution is -2.02. The molecule has 0 saturated heterocycles. The summed E-state index contributed by atoms with van der Waals surface area (Å²) >= 11 is 12.4. The molecule has 0 radical (unpaired) electrons. The summed E-state index contributed by atoms with van der Waals surface area (Å²) in [5.41, 5.74) is 5.23. The topological polar surface area (TPSA) is 75.6 Å². The number of anilines is 4. The fraction of sp³-hybridized carbons (Fsp3) is 0. The molecule has 4 aromatic carbocycles. The van der Waals surface area contributed by atoms with Crippen molar-refractivity contribution in [3.8, 4) is 22.5 Å². The van der Waals surface area contributed by atoms with Crippen molar-refractivity contribution in [1.29, 1.82) is 0 Å². The first-order valence-corrected chi connectivity index (χ1v) is 14.2. The van der Waals surface area contributed by atoms with Crippen LogP contribution in [0.2, 0.25) is 10.0 Å². The lowest BCUT2D eigenvalue weighted by molar-refractivity contribution is 0.630. The number of halogens is 4. The van der Waals surface area contributed by atoms with Gasteiger partial charge in [0.2, 0.25) is 0 Å². The van der Waals surface area contributed by atoms with E-state index in [2.05, 4.69) is 20.8 Å². The quantitative estimate of drug-likeness (QED) is 0.193. The highest BCUT2D eigenvalue weighted by Crippen LogP contribution is 2.37. The predicted octanol–water partition coefficient (Wildman–Crippen LogP) is 9.98. The molecule has 0 aliphatic carbocycles. The van der Waals surface area contributed by atoms with Crippen LogP contribution in [0.15, 0.2) is 109 Å². The fourth-order valence-electron chi connectivity index (χ4n) is 5.03. The maximum Gasteiger partial charge on any atom is 0.132 e. The van der Waals surface area contributed by atoms with E-state index in [-0.39, 0.29) is 11.1 Å². The smallest absolute Gasteiger partial charge is 0.132 e. The van der Waals surface area contributed by atoms with Gasteiger partial charge in [-0.15, -0.1) is 0 Å². The number of para-hydroxylation sites is 2. The maximum atomic E-state index is 14.9. The van der Waals surface area contributed by atoms with Crippen LogP contribution in [0, 0.1) is 11.6 Å². The molecule has 3 aromatic heterocycles. The van der Waals surface area contributed by atoms with Gasteiger partial charge in [0.1, 0.15) is 11.6 Å². The highest BCUT2D eigenvalue weighted by Gasteiger charge is 2.16. The first-order chi connectivity index (χ1) is 21.4. The molecule has 7 rings (SSSR count). The molecule has 0 unspecified atom stereocenters. The average molecular weight is 621 g/mol. The Bertz CT molecular complexity index is 2050. The summed E-state index contributed by atoms with van der Waals surface area (Å²) in [7, 11) is 0. The van der Waals surface area contributed by atoms with E-state index in [9.17, 15) is 8.78 Å². The number of aromatic nitrogens is 4. The zero-order chi connectivity index (χ0) is 30.2. The average Bonchev–Trinajstić information content (AvgIpc) is 3.04. The number of nitrogens with zero attached hydrogens (tertiary/aromatic N) is 4. The standard InChI is InChI=1S/C34H20Cl2F2N6/c35-19-9-11-25(37)23(13-19)31-15-29(21-5-1-3-7-27(21)41-31)43-33-17-39-40-18-34(33)44-30-16-32(24-14-20(36)10-12-26(24)38)42-28-8-4-2-6-22(28)30/h1-18H,(H,40,41,43)(H,39,42,44). The SMILES string of the molecule is Fc1ccc(Cl)cc1-c1cc(Nc2cnncc2Nc2cc(-c3cc(Cl)ccc3F)nc3ccccc23)c2ccccc2n1. The van der Waals surface area contributed by atoms with Crippen molar-refractivity contribution < 1.29 is 8.78 Å². The molecule has 0 spiro atoms. The van der Waals surface area contributed by atoms with Crippen LogP contribution in [0.3, 0.4) is 0 Å². The molecular weight excluding hydrogens is 601 g/mol. The number of hydrogen-bond donors (Lipinski definition) is 2. The number of rotatable bonds is 6. The van der Waals surface area contributed by atoms with Gasteiger partial charge in [-0.25, -0.2) is 18.7 Å². The molecule has 0 atom stereocenters. The van der Waals surface area contributed by atoms with Crippen molar-refractivity contribution >= 4 is 67.8 Å². The van der Waals surface area contributed by atoms with E-state index < -0.39 is 11.6 Å². The molecule has 7 aromatic rings. The Hall–Kier alpha value is -5.18. The van der Waals surface area contributed by atoms with E-state index in [1.54, 1.807) is 36.7 Å². The van der Waals surface area contributed by atoms with Gasteiger partial charge in [-0.3, -0.25) is 0 Å². The summed E-state index contributed by atoms with van der Waals surface area (Å²) in [4.78, 5) is 9.39. The Morgan fingerprint density at radius 3 is 1.39 bits per heavy atom. The van der Waals surface area contributed by atoms with E-state index in [1.807, 2.05) is 48.5 Å². The minimum Gasteiger partial charge on any atom is -0.352 e. The van der Waals surface area contributed by atoms with Crippen LogP contribution < -0.4 is 10.6 Å². The minimum absolute atomic E-state index is 0.279. The van der Waals surface area contributed by atoms with Gasteiger partial charge >= 0.3 is 0 Å². The van der Waals surface area contributed by atoms with E-state index in [0.717, 1.165) is 10.8 Å². The van der Waals surface area contributed by atoms with Crippen LogP contribution in [0.1, 0.15) is 0 Å². The molecule has 0 aliphatic heterocycles. The van der Waals surface area contributed by atoms with Crippen molar-refractivity contribution in [2.75, 3.05) is 10.6 Å². The number of hydrogen-bond acceptors (Lipinski definition) is 6. The van der Waals surface area contributed by atoms with Gasteiger partial charge in [-0.2, -0.15) is 10.2 Å². The molecule has 0 fully saturated rings. The van der Waals surface area contributed by atoms with Gasteiger partial charge in [0.05, 0.1) is 57.6 Å². The summed E-state index contributed by atoms with van der Waals surface area (Å²) in [5, 5.41) is 17.5. The number of fused-ring (bicyclic) bond motifs is 2. The molecule has 0 amide bonds. The van der Waals surface area contributed by atoms with E-state index >= 15 is 0 Å². The molecule has 6 nitrogen and oxygen atoms in total. The Labute approximate surface area is 260 Å². The van der Waals surface area contributed by atoms with Crippen molar-refractivity contribution in [2.24, 2.45) is 0 Å². The normalized spacial score (nSPS) is 11.2. The highest BCUT2D eigenvalue weighted by atomic mass is 35.5. The molecule has 0 saturated carbocycles. The van der Waals surface area contributed by atoms with Crippen LogP contribution in [0.4, 0.5) is 31.5 Å². The van der Waals surface area contributed by atoms with Crippen molar-refractivity contribution in [3.05, 3.63) is 131 Å². The van der Waals surface area contributed by atoms with Crippen LogP contribution in [0.25, 0.3) is 44.3 Å². The molecule has 0 aliphatic rings. The van der Waals surface area contributed by atoms with Crippen molar-refractivity contribution in [2.45, 2.75) is 0 Å². The van der Waals surface area contributed by atoms with Gasteiger partial charge in [0, 0.05) is 31.9 Å². The molecule has 2 N–H and O–H groups in total. The third-order valence-electron chi connectivity index (χ3n) is 7.11. The van der Waals surface area contributed by atoms with E-state index in [0.29, 0.717) is 55.2 Å². The Kier molecular flexibility index (Phi) is 7.21. The van der Waals surface area contributed by atoms with Crippen LogP contribution in [-0.4, -0.2) is 20.2 Å². The monoisotopic (exact) mass is 620 g/mol. The van der Waals surface area contributed by atoms with Gasteiger partial charge in [0.15, 0.2) is 0 Å². The van der Waals surface area contributed by atoms with Gasteiger partial charge in [0.25, 0.3) is 0 Å². The van der Waals surface area contributed by atoms with Crippen LogP contribution >= 0.6 is 23.2 Å². The first kappa shape index (κ1) is 27.6. The summed E-state index contributed by atoms with van der Waals surface area (Å²) in [6.45, 7) is 0. The fourth-order valence-corrected chi connectivity index (χ4v) is 5.38. The second-order valence-corrected chi connectivity index (χ2v) is 10.8. The zero-order valence-electron chi connectivity index (χ0n) is 22.7. The summed E-state index contributed by atoms with van der Waals surface area (Å²) in [6, 6.07) is 27.4. The van der Waals surface area contributed by atoms with Crippen LogP contribution in [-0.2, 0) is 0 Å². The lowest BCUT2D eigenvalue weighted by atomic mass is 10.1. The molecule has 0 bridgehead atoms. The number of pyridine rings is 2. The highest BCUT2D eigenvalue weighted by molar-refractivity contribution is 6.31. The second kappa shape index (κ2) is 11.5. The Morgan fingerprint density at radius 1 is 0.500 bits per heavy atom. The Balaban J connectivity index is 1.33. The second-order valence-electron chi connectivity index (χ2n) is 9.96. The van der Waals surface area contributed by atoms with Crippen molar-refractivity contribution in [3.63, 3.8) is 0 Å². The van der Waals surface area contributed by atoms with E-state index in [4.69, 9.17) is 33.2 Å². The predicted molar refractivity (Wildman–Crippen MR) is 173 cm³/mol.